The Labute approximate surface area is 101 Å². The van der Waals surface area contributed by atoms with Gasteiger partial charge in [0.05, 0.1) is 19.8 Å². The molecule has 0 spiro atoms. The fourth-order valence-corrected chi connectivity index (χ4v) is 1.64. The molecule has 17 heavy (non-hydrogen) atoms. The van der Waals surface area contributed by atoms with E-state index in [9.17, 15) is 4.79 Å². The molecule has 0 atom stereocenters. The molecule has 1 aliphatic rings. The number of amides is 1. The van der Waals surface area contributed by atoms with E-state index in [1.54, 1.807) is 0 Å². The smallest absolute Gasteiger partial charge is 0.431 e. The van der Waals surface area contributed by atoms with Crippen molar-refractivity contribution in [1.29, 1.82) is 0 Å². The summed E-state index contributed by atoms with van der Waals surface area (Å²) in [4.78, 5) is 12.6. The van der Waals surface area contributed by atoms with Crippen LogP contribution in [0.3, 0.4) is 0 Å². The second-order valence-electron chi connectivity index (χ2n) is 3.96. The summed E-state index contributed by atoms with van der Waals surface area (Å²) in [6, 6.07) is 0. The molecule has 0 aromatic heterocycles. The summed E-state index contributed by atoms with van der Waals surface area (Å²) in [5, 5.41) is 20.8. The topological polar surface area (TPSA) is 85.3 Å². The van der Waals surface area contributed by atoms with Gasteiger partial charge in [-0.15, -0.1) is 0 Å². The molecule has 7 nitrogen and oxygen atoms in total. The molecule has 0 bridgehead atoms. The van der Waals surface area contributed by atoms with E-state index < -0.39 is 6.09 Å². The number of nitrogens with one attached hydrogen (secondary N) is 1. The van der Waals surface area contributed by atoms with Gasteiger partial charge in [-0.1, -0.05) is 0 Å². The van der Waals surface area contributed by atoms with Crippen LogP contribution in [0.15, 0.2) is 0 Å². The lowest BCUT2D eigenvalue weighted by atomic mass is 10.4. The molecular weight excluding hydrogens is 226 g/mol. The van der Waals surface area contributed by atoms with Gasteiger partial charge in [0.15, 0.2) is 0 Å². The number of nitrogens with zero attached hydrogens (tertiary/aromatic N) is 2. The molecule has 0 radical (unpaired) electrons. The summed E-state index contributed by atoms with van der Waals surface area (Å²) in [5.74, 6) is 0. The lowest BCUT2D eigenvalue weighted by Crippen LogP contribution is -2.40. The average molecular weight is 247 g/mol. The first-order valence-electron chi connectivity index (χ1n) is 5.90. The van der Waals surface area contributed by atoms with Gasteiger partial charge in [0.1, 0.15) is 0 Å². The van der Waals surface area contributed by atoms with Crippen LogP contribution in [-0.4, -0.2) is 78.9 Å². The molecule has 1 heterocycles. The van der Waals surface area contributed by atoms with Crippen molar-refractivity contribution in [2.45, 2.75) is 6.42 Å². The number of ether oxygens (including phenoxy) is 1. The number of rotatable bonds is 7. The highest BCUT2D eigenvalue weighted by Gasteiger charge is 2.09. The molecule has 1 saturated heterocycles. The fraction of sp³-hybridized carbons (Fsp3) is 0.900. The van der Waals surface area contributed by atoms with Crippen LogP contribution < -0.4 is 5.32 Å². The molecule has 100 valence electrons. The zero-order chi connectivity index (χ0) is 12.5. The number of hydrogen-bond donors (Lipinski definition) is 3. The standard InChI is InChI=1S/C10H21N3O4/c14-10(15)13(16)4-1-2-11-3-5-12-6-8-17-9-7-12/h11,16H,1-9H2,(H,14,15). The molecule has 1 rings (SSSR count). The van der Waals surface area contributed by atoms with Crippen LogP contribution >= 0.6 is 0 Å². The van der Waals surface area contributed by atoms with Gasteiger partial charge in [-0.3, -0.25) is 10.1 Å². The van der Waals surface area contributed by atoms with Crippen molar-refractivity contribution >= 4 is 6.09 Å². The van der Waals surface area contributed by atoms with Crippen molar-refractivity contribution in [1.82, 2.24) is 15.3 Å². The van der Waals surface area contributed by atoms with Gasteiger partial charge in [-0.05, 0) is 13.0 Å². The molecule has 1 aliphatic heterocycles. The monoisotopic (exact) mass is 247 g/mol. The Hall–Kier alpha value is -0.890. The minimum atomic E-state index is -1.31. The third kappa shape index (κ3) is 6.42. The third-order valence-corrected chi connectivity index (χ3v) is 2.65. The van der Waals surface area contributed by atoms with Gasteiger partial charge >= 0.3 is 6.09 Å². The molecule has 7 heteroatoms. The fourth-order valence-electron chi connectivity index (χ4n) is 1.64. The van der Waals surface area contributed by atoms with Gasteiger partial charge in [0.25, 0.3) is 0 Å². The minimum Gasteiger partial charge on any atom is -0.463 e. The van der Waals surface area contributed by atoms with Crippen molar-refractivity contribution in [3.8, 4) is 0 Å². The van der Waals surface area contributed by atoms with E-state index in [0.29, 0.717) is 18.0 Å². The van der Waals surface area contributed by atoms with E-state index in [1.807, 2.05) is 0 Å². The average Bonchev–Trinajstić information content (AvgIpc) is 2.34. The maximum Gasteiger partial charge on any atom is 0.431 e. The van der Waals surface area contributed by atoms with E-state index in [-0.39, 0.29) is 6.54 Å². The van der Waals surface area contributed by atoms with Crippen molar-refractivity contribution < 1.29 is 19.8 Å². The minimum absolute atomic E-state index is 0.139. The van der Waals surface area contributed by atoms with Crippen molar-refractivity contribution in [3.05, 3.63) is 0 Å². The van der Waals surface area contributed by atoms with Crippen LogP contribution in [-0.2, 0) is 4.74 Å². The lowest BCUT2D eigenvalue weighted by molar-refractivity contribution is -0.0640. The van der Waals surface area contributed by atoms with E-state index in [1.165, 1.54) is 0 Å². The Bertz CT molecular complexity index is 222. The molecular formula is C10H21N3O4. The number of hydrogen-bond acceptors (Lipinski definition) is 5. The van der Waals surface area contributed by atoms with E-state index in [2.05, 4.69) is 10.2 Å². The Balaban J connectivity index is 1.88. The largest absolute Gasteiger partial charge is 0.463 e. The maximum atomic E-state index is 10.3. The Morgan fingerprint density at radius 1 is 1.35 bits per heavy atom. The van der Waals surface area contributed by atoms with Crippen LogP contribution in [0.2, 0.25) is 0 Å². The SMILES string of the molecule is O=C(O)N(O)CCCNCCN1CCOCC1. The highest BCUT2D eigenvalue weighted by molar-refractivity contribution is 5.63. The van der Waals surface area contributed by atoms with Crippen LogP contribution in [0.5, 0.6) is 0 Å². The first kappa shape index (κ1) is 14.2. The zero-order valence-electron chi connectivity index (χ0n) is 9.97. The van der Waals surface area contributed by atoms with Crippen LogP contribution in [0.1, 0.15) is 6.42 Å². The van der Waals surface area contributed by atoms with Crippen molar-refractivity contribution in [3.63, 3.8) is 0 Å². The first-order valence-corrected chi connectivity index (χ1v) is 5.90. The first-order chi connectivity index (χ1) is 8.20. The van der Waals surface area contributed by atoms with Crippen molar-refractivity contribution in [2.75, 3.05) is 52.5 Å². The second kappa shape index (κ2) is 8.24. The van der Waals surface area contributed by atoms with Crippen LogP contribution in [0.25, 0.3) is 0 Å². The highest BCUT2D eigenvalue weighted by atomic mass is 16.6. The molecule has 1 fully saturated rings. The third-order valence-electron chi connectivity index (χ3n) is 2.65. The van der Waals surface area contributed by atoms with Crippen LogP contribution in [0, 0.1) is 0 Å². The Morgan fingerprint density at radius 2 is 2.06 bits per heavy atom. The van der Waals surface area contributed by atoms with E-state index in [0.717, 1.165) is 39.4 Å². The summed E-state index contributed by atoms with van der Waals surface area (Å²) in [6.45, 7) is 6.25. The number of morpholine rings is 1. The second-order valence-corrected chi connectivity index (χ2v) is 3.96. The molecule has 3 N–H and O–H groups in total. The number of carboxylic acid groups (broad SMARTS) is 1. The highest BCUT2D eigenvalue weighted by Crippen LogP contribution is 1.94. The quantitative estimate of drug-likeness (QED) is 0.324. The summed E-state index contributed by atoms with van der Waals surface area (Å²) in [7, 11) is 0. The molecule has 0 aromatic carbocycles. The van der Waals surface area contributed by atoms with Gasteiger partial charge in [-0.25, -0.2) is 4.79 Å². The molecule has 0 aromatic rings. The van der Waals surface area contributed by atoms with Gasteiger partial charge in [-0.2, -0.15) is 5.06 Å². The maximum absolute atomic E-state index is 10.3. The molecule has 0 saturated carbocycles. The molecule has 1 amide bonds. The summed E-state index contributed by atoms with van der Waals surface area (Å²) >= 11 is 0. The molecule has 0 unspecified atom stereocenters. The Morgan fingerprint density at radius 3 is 2.71 bits per heavy atom. The summed E-state index contributed by atoms with van der Waals surface area (Å²) in [6.07, 6.45) is -0.704. The van der Waals surface area contributed by atoms with Gasteiger partial charge < -0.3 is 15.2 Å². The summed E-state index contributed by atoms with van der Waals surface area (Å²) in [5.41, 5.74) is 0. The normalized spacial score (nSPS) is 17.0. The van der Waals surface area contributed by atoms with Gasteiger partial charge in [0, 0.05) is 26.2 Å². The number of hydroxylamine groups is 2. The summed E-state index contributed by atoms with van der Waals surface area (Å²) < 4.78 is 5.24. The lowest BCUT2D eigenvalue weighted by Gasteiger charge is -2.26. The molecule has 0 aliphatic carbocycles. The van der Waals surface area contributed by atoms with Gasteiger partial charge in [0.2, 0.25) is 0 Å². The van der Waals surface area contributed by atoms with Crippen molar-refractivity contribution in [2.24, 2.45) is 0 Å². The predicted octanol–water partition coefficient (Wildman–Crippen LogP) is -0.332. The number of carbonyl (C=O) groups is 1. The van der Waals surface area contributed by atoms with E-state index >= 15 is 0 Å². The van der Waals surface area contributed by atoms with E-state index in [4.69, 9.17) is 15.1 Å². The zero-order valence-corrected chi connectivity index (χ0v) is 9.97. The Kier molecular flexibility index (Phi) is 6.87. The predicted molar refractivity (Wildman–Crippen MR) is 61.3 cm³/mol. The van der Waals surface area contributed by atoms with Crippen LogP contribution in [0.4, 0.5) is 4.79 Å².